The number of rotatable bonds is 7. The Balaban J connectivity index is 1.80. The zero-order valence-corrected chi connectivity index (χ0v) is 12.4. The van der Waals surface area contributed by atoms with Gasteiger partial charge >= 0.3 is 0 Å². The van der Waals surface area contributed by atoms with Crippen LogP contribution in [-0.2, 0) is 15.9 Å². The summed E-state index contributed by atoms with van der Waals surface area (Å²) in [5, 5.41) is 10.6. The van der Waals surface area contributed by atoms with E-state index in [1.807, 2.05) is 6.07 Å². The summed E-state index contributed by atoms with van der Waals surface area (Å²) in [5.41, 5.74) is 2.43. The molecule has 3 heteroatoms. The maximum atomic E-state index is 10.6. The quantitative estimate of drug-likeness (QED) is 0.615. The molecular formula is C17H26O3. The first kappa shape index (κ1) is 15.5. The summed E-state index contributed by atoms with van der Waals surface area (Å²) in [6, 6.07) is 8.29. The second kappa shape index (κ2) is 8.40. The Hall–Kier alpha value is -0.900. The van der Waals surface area contributed by atoms with Crippen LogP contribution in [-0.4, -0.2) is 32.0 Å². The summed E-state index contributed by atoms with van der Waals surface area (Å²) in [4.78, 5) is 0. The van der Waals surface area contributed by atoms with E-state index in [9.17, 15) is 5.11 Å². The van der Waals surface area contributed by atoms with Crippen molar-refractivity contribution >= 4 is 0 Å². The van der Waals surface area contributed by atoms with E-state index in [4.69, 9.17) is 9.47 Å². The molecule has 1 aliphatic rings. The molecule has 1 aliphatic carbocycles. The van der Waals surface area contributed by atoms with E-state index < -0.39 is 0 Å². The minimum absolute atomic E-state index is 0.320. The molecule has 20 heavy (non-hydrogen) atoms. The highest BCUT2D eigenvalue weighted by Crippen LogP contribution is 2.34. The van der Waals surface area contributed by atoms with Crippen molar-refractivity contribution in [2.45, 2.75) is 38.2 Å². The normalized spacial score (nSPS) is 22.3. The highest BCUT2D eigenvalue weighted by Gasteiger charge is 2.25. The third-order valence-electron chi connectivity index (χ3n) is 4.11. The second-order valence-electron chi connectivity index (χ2n) is 5.54. The minimum atomic E-state index is -0.337. The van der Waals surface area contributed by atoms with E-state index in [-0.39, 0.29) is 6.10 Å². The van der Waals surface area contributed by atoms with Crippen molar-refractivity contribution in [3.05, 3.63) is 35.4 Å². The van der Waals surface area contributed by atoms with Crippen LogP contribution in [0, 0.1) is 5.92 Å². The largest absolute Gasteiger partial charge is 0.388 e. The Labute approximate surface area is 121 Å². The fourth-order valence-electron chi connectivity index (χ4n) is 2.96. The van der Waals surface area contributed by atoms with Gasteiger partial charge in [-0.2, -0.15) is 0 Å². The third-order valence-corrected chi connectivity index (χ3v) is 4.11. The summed E-state index contributed by atoms with van der Waals surface area (Å²) < 4.78 is 10.6. The van der Waals surface area contributed by atoms with Crippen molar-refractivity contribution < 1.29 is 14.6 Å². The fraction of sp³-hybridized carbons (Fsp3) is 0.647. The van der Waals surface area contributed by atoms with Crippen LogP contribution >= 0.6 is 0 Å². The highest BCUT2D eigenvalue weighted by molar-refractivity contribution is 5.30. The van der Waals surface area contributed by atoms with E-state index in [2.05, 4.69) is 18.2 Å². The van der Waals surface area contributed by atoms with Crippen molar-refractivity contribution in [2.75, 3.05) is 26.9 Å². The molecule has 0 amide bonds. The lowest BCUT2D eigenvalue weighted by atomic mass is 9.91. The maximum Gasteiger partial charge on any atom is 0.0821 e. The van der Waals surface area contributed by atoms with Gasteiger partial charge in [-0.25, -0.2) is 0 Å². The smallest absolute Gasteiger partial charge is 0.0821 e. The minimum Gasteiger partial charge on any atom is -0.388 e. The number of benzene rings is 1. The van der Waals surface area contributed by atoms with Crippen LogP contribution in [0.25, 0.3) is 0 Å². The van der Waals surface area contributed by atoms with Crippen LogP contribution in [0.2, 0.25) is 0 Å². The second-order valence-corrected chi connectivity index (χ2v) is 5.54. The third kappa shape index (κ3) is 4.30. The summed E-state index contributed by atoms with van der Waals surface area (Å²) in [6.45, 7) is 2.22. The van der Waals surface area contributed by atoms with Gasteiger partial charge in [0.2, 0.25) is 0 Å². The molecule has 2 rings (SSSR count). The van der Waals surface area contributed by atoms with Crippen molar-refractivity contribution in [1.82, 2.24) is 0 Å². The first-order valence-electron chi connectivity index (χ1n) is 7.65. The number of aryl methyl sites for hydroxylation is 1. The number of aliphatic hydroxyl groups is 1. The topological polar surface area (TPSA) is 38.7 Å². The number of hydrogen-bond acceptors (Lipinski definition) is 3. The van der Waals surface area contributed by atoms with Gasteiger partial charge < -0.3 is 14.6 Å². The van der Waals surface area contributed by atoms with Gasteiger partial charge in [-0.1, -0.05) is 24.3 Å². The van der Waals surface area contributed by atoms with Gasteiger partial charge in [0.25, 0.3) is 0 Å². The van der Waals surface area contributed by atoms with Gasteiger partial charge in [-0.05, 0) is 49.1 Å². The van der Waals surface area contributed by atoms with Crippen molar-refractivity contribution in [3.63, 3.8) is 0 Å². The molecule has 112 valence electrons. The molecule has 0 spiro atoms. The first-order valence-corrected chi connectivity index (χ1v) is 7.65. The number of aliphatic hydroxyl groups excluding tert-OH is 1. The van der Waals surface area contributed by atoms with Crippen LogP contribution in [0.5, 0.6) is 0 Å². The molecule has 0 aliphatic heterocycles. The van der Waals surface area contributed by atoms with Crippen LogP contribution in [0.4, 0.5) is 0 Å². The molecule has 0 fully saturated rings. The average Bonchev–Trinajstić information content (AvgIpc) is 2.63. The van der Waals surface area contributed by atoms with E-state index in [0.29, 0.717) is 5.92 Å². The monoisotopic (exact) mass is 278 g/mol. The Morgan fingerprint density at radius 1 is 1.20 bits per heavy atom. The lowest BCUT2D eigenvalue weighted by molar-refractivity contribution is 0.0554. The lowest BCUT2D eigenvalue weighted by Gasteiger charge is -2.21. The summed E-state index contributed by atoms with van der Waals surface area (Å²) in [7, 11) is 1.71. The van der Waals surface area contributed by atoms with Crippen LogP contribution in [0.1, 0.15) is 42.9 Å². The average molecular weight is 278 g/mol. The number of ether oxygens (including phenoxy) is 2. The standard InChI is InChI=1S/C17H26O3/c1-19-11-5-12-20-13-10-15-8-4-7-14-6-2-3-9-16(14)17(15)18/h2-3,6,9,15,17-18H,4-5,7-8,10-13H2,1H3. The first-order chi connectivity index (χ1) is 9.83. The Kier molecular flexibility index (Phi) is 6.51. The number of fused-ring (bicyclic) bond motifs is 1. The predicted molar refractivity (Wildman–Crippen MR) is 79.8 cm³/mol. The van der Waals surface area contributed by atoms with E-state index >= 15 is 0 Å². The van der Waals surface area contributed by atoms with Crippen molar-refractivity contribution in [3.8, 4) is 0 Å². The van der Waals surface area contributed by atoms with Gasteiger partial charge in [-0.15, -0.1) is 0 Å². The van der Waals surface area contributed by atoms with E-state index in [1.165, 1.54) is 5.56 Å². The number of hydrogen-bond donors (Lipinski definition) is 1. The molecule has 1 aromatic rings. The van der Waals surface area contributed by atoms with Crippen molar-refractivity contribution in [1.29, 1.82) is 0 Å². The summed E-state index contributed by atoms with van der Waals surface area (Å²) in [5.74, 6) is 0.320. The van der Waals surface area contributed by atoms with Crippen LogP contribution in [0.3, 0.4) is 0 Å². The molecule has 0 saturated carbocycles. The van der Waals surface area contributed by atoms with Gasteiger partial charge in [0, 0.05) is 26.9 Å². The molecule has 0 aromatic heterocycles. The summed E-state index contributed by atoms with van der Waals surface area (Å²) >= 11 is 0. The van der Waals surface area contributed by atoms with Gasteiger partial charge in [0.1, 0.15) is 0 Å². The van der Waals surface area contributed by atoms with Crippen LogP contribution < -0.4 is 0 Å². The van der Waals surface area contributed by atoms with Crippen molar-refractivity contribution in [2.24, 2.45) is 5.92 Å². The molecule has 0 heterocycles. The molecule has 1 N–H and O–H groups in total. The molecule has 0 bridgehead atoms. The molecule has 1 aromatic carbocycles. The van der Waals surface area contributed by atoms with E-state index in [1.54, 1.807) is 7.11 Å². The Morgan fingerprint density at radius 2 is 2.05 bits per heavy atom. The molecule has 2 unspecified atom stereocenters. The van der Waals surface area contributed by atoms with Gasteiger partial charge in [0.15, 0.2) is 0 Å². The molecule has 0 saturated heterocycles. The molecule has 2 atom stereocenters. The van der Waals surface area contributed by atoms with E-state index in [0.717, 1.165) is 57.5 Å². The predicted octanol–water partition coefficient (Wildman–Crippen LogP) is 3.12. The maximum absolute atomic E-state index is 10.6. The Morgan fingerprint density at radius 3 is 2.90 bits per heavy atom. The zero-order valence-electron chi connectivity index (χ0n) is 12.4. The lowest BCUT2D eigenvalue weighted by Crippen LogP contribution is -2.15. The van der Waals surface area contributed by atoms with Gasteiger partial charge in [-0.3, -0.25) is 0 Å². The molecule has 0 radical (unpaired) electrons. The molecule has 3 nitrogen and oxygen atoms in total. The molecular weight excluding hydrogens is 252 g/mol. The van der Waals surface area contributed by atoms with Crippen LogP contribution in [0.15, 0.2) is 24.3 Å². The SMILES string of the molecule is COCCCOCCC1CCCc2ccccc2C1O. The zero-order chi connectivity index (χ0) is 14.2. The van der Waals surface area contributed by atoms with Gasteiger partial charge in [0.05, 0.1) is 6.10 Å². The Bertz CT molecular complexity index is 392. The number of methoxy groups -OCH3 is 1. The summed E-state index contributed by atoms with van der Waals surface area (Å²) in [6.07, 6.45) is 4.85. The fourth-order valence-corrected chi connectivity index (χ4v) is 2.96. The highest BCUT2D eigenvalue weighted by atomic mass is 16.5.